The highest BCUT2D eigenvalue weighted by Crippen LogP contribution is 2.36. The van der Waals surface area contributed by atoms with Crippen LogP contribution in [0.3, 0.4) is 0 Å². The Labute approximate surface area is 140 Å². The molecule has 0 fully saturated rings. The van der Waals surface area contributed by atoms with Crippen molar-refractivity contribution >= 4 is 34.8 Å². The Morgan fingerprint density at radius 3 is 1.96 bits per heavy atom. The molecule has 0 saturated heterocycles. The Balaban J connectivity index is 2.09. The van der Waals surface area contributed by atoms with Gasteiger partial charge in [0.25, 0.3) is 0 Å². The Hall–Kier alpha value is -2.54. The summed E-state index contributed by atoms with van der Waals surface area (Å²) in [4.78, 5) is 23.6. The van der Waals surface area contributed by atoms with Crippen LogP contribution in [0.4, 0.5) is 24.5 Å². The molecule has 126 valence electrons. The van der Waals surface area contributed by atoms with Crippen LogP contribution in [0.1, 0.15) is 11.1 Å². The SMILES string of the molecule is Cc1ccc(NC(=O)C(=O)Nc2ccc(Cl)c(C(F)(F)F)c2)cc1. The lowest BCUT2D eigenvalue weighted by Gasteiger charge is -2.11. The third-order valence-electron chi connectivity index (χ3n) is 3.05. The van der Waals surface area contributed by atoms with Crippen LogP contribution in [-0.4, -0.2) is 11.8 Å². The molecule has 0 saturated carbocycles. The molecule has 0 aliphatic rings. The molecule has 0 aliphatic heterocycles. The van der Waals surface area contributed by atoms with Gasteiger partial charge >= 0.3 is 18.0 Å². The number of alkyl halides is 3. The van der Waals surface area contributed by atoms with Gasteiger partial charge in [-0.25, -0.2) is 0 Å². The molecule has 2 aromatic rings. The summed E-state index contributed by atoms with van der Waals surface area (Å²) in [5, 5.41) is 3.95. The number of nitrogens with one attached hydrogen (secondary N) is 2. The predicted molar refractivity (Wildman–Crippen MR) is 84.9 cm³/mol. The molecule has 2 rings (SSSR count). The maximum Gasteiger partial charge on any atom is 0.417 e. The summed E-state index contributed by atoms with van der Waals surface area (Å²) in [5.41, 5.74) is 0.0859. The van der Waals surface area contributed by atoms with Gasteiger partial charge in [-0.2, -0.15) is 13.2 Å². The van der Waals surface area contributed by atoms with Crippen LogP contribution < -0.4 is 10.6 Å². The first kappa shape index (κ1) is 17.8. The van der Waals surface area contributed by atoms with Crippen LogP contribution in [0, 0.1) is 6.92 Å². The molecule has 0 atom stereocenters. The van der Waals surface area contributed by atoms with Gasteiger partial charge in [0.2, 0.25) is 0 Å². The zero-order valence-electron chi connectivity index (χ0n) is 12.4. The molecule has 2 amide bonds. The predicted octanol–water partition coefficient (Wildman–Crippen LogP) is 4.24. The van der Waals surface area contributed by atoms with Crippen molar-refractivity contribution in [3.8, 4) is 0 Å². The summed E-state index contributed by atoms with van der Waals surface area (Å²) in [6.45, 7) is 1.86. The smallest absolute Gasteiger partial charge is 0.318 e. The summed E-state index contributed by atoms with van der Waals surface area (Å²) in [6.07, 6.45) is -4.66. The van der Waals surface area contributed by atoms with E-state index in [0.717, 1.165) is 11.6 Å². The van der Waals surface area contributed by atoms with E-state index in [0.29, 0.717) is 11.8 Å². The van der Waals surface area contributed by atoms with E-state index < -0.39 is 28.6 Å². The van der Waals surface area contributed by atoms with Gasteiger partial charge in [-0.1, -0.05) is 29.3 Å². The summed E-state index contributed by atoms with van der Waals surface area (Å²) in [6, 6.07) is 9.52. The van der Waals surface area contributed by atoms with Crippen molar-refractivity contribution in [1.29, 1.82) is 0 Å². The second-order valence-electron chi connectivity index (χ2n) is 4.97. The number of anilines is 2. The lowest BCUT2D eigenvalue weighted by atomic mass is 10.2. The highest BCUT2D eigenvalue weighted by molar-refractivity contribution is 6.43. The number of aryl methyl sites for hydroxylation is 1. The van der Waals surface area contributed by atoms with Gasteiger partial charge in [0.1, 0.15) is 0 Å². The maximum absolute atomic E-state index is 12.8. The zero-order valence-corrected chi connectivity index (χ0v) is 13.1. The number of rotatable bonds is 2. The van der Waals surface area contributed by atoms with Crippen LogP contribution in [-0.2, 0) is 15.8 Å². The molecule has 0 bridgehead atoms. The number of halogens is 4. The van der Waals surface area contributed by atoms with E-state index in [1.165, 1.54) is 6.07 Å². The maximum atomic E-state index is 12.8. The standard InChI is InChI=1S/C16H12ClF3N2O2/c1-9-2-4-10(5-3-9)21-14(23)15(24)22-11-6-7-13(17)12(8-11)16(18,19)20/h2-8H,1H3,(H,21,23)(H,22,24). The number of hydrogen-bond acceptors (Lipinski definition) is 2. The van der Waals surface area contributed by atoms with Gasteiger partial charge < -0.3 is 10.6 Å². The van der Waals surface area contributed by atoms with Crippen LogP contribution in [0.15, 0.2) is 42.5 Å². The minimum Gasteiger partial charge on any atom is -0.318 e. The first-order chi connectivity index (χ1) is 11.2. The average Bonchev–Trinajstić information content (AvgIpc) is 2.50. The van der Waals surface area contributed by atoms with Crippen molar-refractivity contribution in [2.24, 2.45) is 0 Å². The number of hydrogen-bond donors (Lipinski definition) is 2. The third kappa shape index (κ3) is 4.48. The van der Waals surface area contributed by atoms with E-state index in [1.807, 2.05) is 6.92 Å². The largest absolute Gasteiger partial charge is 0.417 e. The van der Waals surface area contributed by atoms with E-state index in [9.17, 15) is 22.8 Å². The first-order valence-corrected chi connectivity index (χ1v) is 7.10. The Morgan fingerprint density at radius 2 is 1.42 bits per heavy atom. The van der Waals surface area contributed by atoms with Crippen LogP contribution in [0.25, 0.3) is 0 Å². The lowest BCUT2D eigenvalue weighted by molar-refractivity contribution is -0.137. The topological polar surface area (TPSA) is 58.2 Å². The average molecular weight is 357 g/mol. The Morgan fingerprint density at radius 1 is 0.917 bits per heavy atom. The fraction of sp³-hybridized carbons (Fsp3) is 0.125. The highest BCUT2D eigenvalue weighted by atomic mass is 35.5. The fourth-order valence-corrected chi connectivity index (χ4v) is 2.06. The molecule has 0 heterocycles. The van der Waals surface area contributed by atoms with Crippen molar-refractivity contribution in [1.82, 2.24) is 0 Å². The van der Waals surface area contributed by atoms with Crippen LogP contribution >= 0.6 is 11.6 Å². The number of amides is 2. The summed E-state index contributed by atoms with van der Waals surface area (Å²) < 4.78 is 38.3. The minimum absolute atomic E-state index is 0.184. The number of benzene rings is 2. The summed E-state index contributed by atoms with van der Waals surface area (Å²) in [5.74, 6) is -2.09. The van der Waals surface area contributed by atoms with Crippen molar-refractivity contribution in [2.45, 2.75) is 13.1 Å². The molecular formula is C16H12ClF3N2O2. The van der Waals surface area contributed by atoms with E-state index in [-0.39, 0.29) is 5.69 Å². The van der Waals surface area contributed by atoms with Gasteiger partial charge in [0, 0.05) is 11.4 Å². The van der Waals surface area contributed by atoms with Crippen molar-refractivity contribution < 1.29 is 22.8 Å². The third-order valence-corrected chi connectivity index (χ3v) is 3.37. The number of carbonyl (C=O) groups excluding carboxylic acids is 2. The molecule has 0 unspecified atom stereocenters. The van der Waals surface area contributed by atoms with E-state index >= 15 is 0 Å². The van der Waals surface area contributed by atoms with E-state index in [2.05, 4.69) is 10.6 Å². The monoisotopic (exact) mass is 356 g/mol. The molecule has 8 heteroatoms. The van der Waals surface area contributed by atoms with Crippen LogP contribution in [0.2, 0.25) is 5.02 Å². The molecule has 0 spiro atoms. The first-order valence-electron chi connectivity index (χ1n) is 6.72. The van der Waals surface area contributed by atoms with Crippen molar-refractivity contribution in [3.05, 3.63) is 58.6 Å². The van der Waals surface area contributed by atoms with Crippen LogP contribution in [0.5, 0.6) is 0 Å². The quantitative estimate of drug-likeness (QED) is 0.790. The molecule has 2 N–H and O–H groups in total. The van der Waals surface area contributed by atoms with E-state index in [1.54, 1.807) is 24.3 Å². The summed E-state index contributed by atoms with van der Waals surface area (Å²) >= 11 is 5.49. The minimum atomic E-state index is -4.66. The van der Waals surface area contributed by atoms with Crippen molar-refractivity contribution in [3.63, 3.8) is 0 Å². The summed E-state index contributed by atoms with van der Waals surface area (Å²) in [7, 11) is 0. The van der Waals surface area contributed by atoms with E-state index in [4.69, 9.17) is 11.6 Å². The van der Waals surface area contributed by atoms with Gasteiger partial charge in [-0.05, 0) is 37.3 Å². The molecule has 0 aliphatic carbocycles. The molecule has 24 heavy (non-hydrogen) atoms. The zero-order chi connectivity index (χ0) is 17.9. The van der Waals surface area contributed by atoms with Gasteiger partial charge in [0.15, 0.2) is 0 Å². The molecule has 2 aromatic carbocycles. The number of carbonyl (C=O) groups is 2. The highest BCUT2D eigenvalue weighted by Gasteiger charge is 2.33. The lowest BCUT2D eigenvalue weighted by Crippen LogP contribution is -2.29. The second-order valence-corrected chi connectivity index (χ2v) is 5.37. The molecular weight excluding hydrogens is 345 g/mol. The fourth-order valence-electron chi connectivity index (χ4n) is 1.83. The van der Waals surface area contributed by atoms with Gasteiger partial charge in [0.05, 0.1) is 10.6 Å². The van der Waals surface area contributed by atoms with Crippen molar-refractivity contribution in [2.75, 3.05) is 10.6 Å². The Kier molecular flexibility index (Phi) is 5.14. The molecule has 0 aromatic heterocycles. The van der Waals surface area contributed by atoms with Gasteiger partial charge in [-0.3, -0.25) is 9.59 Å². The molecule has 0 radical (unpaired) electrons. The normalized spacial score (nSPS) is 11.0. The van der Waals surface area contributed by atoms with Gasteiger partial charge in [-0.15, -0.1) is 0 Å². The Bertz CT molecular complexity index is 774. The second kappa shape index (κ2) is 6.92. The molecule has 4 nitrogen and oxygen atoms in total.